The van der Waals surface area contributed by atoms with Crippen LogP contribution in [0, 0.1) is 13.8 Å². The molecule has 0 radical (unpaired) electrons. The van der Waals surface area contributed by atoms with E-state index < -0.39 is 0 Å². The number of benzene rings is 3. The van der Waals surface area contributed by atoms with Crippen LogP contribution in [0.1, 0.15) is 44.9 Å². The minimum atomic E-state index is 0.0136. The molecule has 2 aliphatic carbocycles. The molecule has 178 valence electrons. The third-order valence-corrected chi connectivity index (χ3v) is 8.54. The molecule has 0 aliphatic heterocycles. The second-order valence-electron chi connectivity index (χ2n) is 9.80. The lowest BCUT2D eigenvalue weighted by Gasteiger charge is -2.24. The van der Waals surface area contributed by atoms with Crippen LogP contribution in [-0.2, 0) is 0 Å². The fraction of sp³-hybridized carbons (Fsp3) is 0.0909. The van der Waals surface area contributed by atoms with Crippen LogP contribution < -0.4 is 0 Å². The summed E-state index contributed by atoms with van der Waals surface area (Å²) >= 11 is 7.53. The summed E-state index contributed by atoms with van der Waals surface area (Å²) in [4.78, 5) is 9.62. The highest BCUT2D eigenvalue weighted by Gasteiger charge is 2.38. The summed E-state index contributed by atoms with van der Waals surface area (Å²) in [6, 6.07) is 28.6. The summed E-state index contributed by atoms with van der Waals surface area (Å²) < 4.78 is 2.15. The van der Waals surface area contributed by atoms with Crippen LogP contribution in [0.3, 0.4) is 0 Å². The minimum Gasteiger partial charge on any atom is -0.254 e. The van der Waals surface area contributed by atoms with Gasteiger partial charge in [-0.25, -0.2) is 0 Å². The Morgan fingerprint density at radius 1 is 0.649 bits per heavy atom. The van der Waals surface area contributed by atoms with E-state index in [2.05, 4.69) is 112 Å². The van der Waals surface area contributed by atoms with Gasteiger partial charge in [-0.1, -0.05) is 79.9 Å². The number of allylic oxidation sites excluding steroid dienone is 1. The molecule has 0 spiro atoms. The summed E-state index contributed by atoms with van der Waals surface area (Å²) in [5.41, 5.74) is 15.8. The molecule has 0 unspecified atom stereocenters. The first-order chi connectivity index (χ1) is 18.0. The van der Waals surface area contributed by atoms with Crippen molar-refractivity contribution in [1.29, 1.82) is 0 Å². The van der Waals surface area contributed by atoms with E-state index in [0.717, 1.165) is 20.3 Å². The number of aryl methyl sites for hydroxylation is 2. The van der Waals surface area contributed by atoms with Crippen molar-refractivity contribution < 1.29 is 0 Å². The Morgan fingerprint density at radius 2 is 1.22 bits per heavy atom. The molecule has 2 aliphatic rings. The SMILES string of the molecule is Cc1ccc(C)c(C(=C2c3cc(Br)ccc3-c3ccc(Br)cc32)C2c3cccnc3-c3ncccc32)c1. The third kappa shape index (κ3) is 3.50. The van der Waals surface area contributed by atoms with E-state index in [0.29, 0.717) is 0 Å². The van der Waals surface area contributed by atoms with Gasteiger partial charge in [0.05, 0.1) is 11.4 Å². The van der Waals surface area contributed by atoms with Crippen molar-refractivity contribution in [2.45, 2.75) is 19.8 Å². The topological polar surface area (TPSA) is 25.8 Å². The van der Waals surface area contributed by atoms with Crippen LogP contribution in [0.4, 0.5) is 0 Å². The van der Waals surface area contributed by atoms with Crippen molar-refractivity contribution in [2.24, 2.45) is 0 Å². The number of halogens is 2. The molecule has 5 aromatic rings. The highest BCUT2D eigenvalue weighted by atomic mass is 79.9. The first-order valence-electron chi connectivity index (χ1n) is 12.3. The summed E-state index contributed by atoms with van der Waals surface area (Å²) in [5.74, 6) is 0.0136. The first kappa shape index (κ1) is 22.8. The van der Waals surface area contributed by atoms with Gasteiger partial charge in [0.1, 0.15) is 0 Å². The molecular formula is C33H22Br2N2. The number of hydrogen-bond acceptors (Lipinski definition) is 2. The van der Waals surface area contributed by atoms with E-state index in [1.54, 1.807) is 0 Å². The van der Waals surface area contributed by atoms with Gasteiger partial charge in [-0.05, 0) is 106 Å². The van der Waals surface area contributed by atoms with Crippen LogP contribution in [0.25, 0.3) is 33.7 Å². The molecular weight excluding hydrogens is 584 g/mol. The van der Waals surface area contributed by atoms with Crippen LogP contribution in [-0.4, -0.2) is 9.97 Å². The lowest BCUT2D eigenvalue weighted by Crippen LogP contribution is -2.06. The van der Waals surface area contributed by atoms with Gasteiger partial charge in [0, 0.05) is 27.3 Å². The molecule has 7 rings (SSSR count). The third-order valence-electron chi connectivity index (χ3n) is 7.56. The molecule has 0 saturated carbocycles. The smallest absolute Gasteiger partial charge is 0.0930 e. The molecule has 0 amide bonds. The van der Waals surface area contributed by atoms with E-state index in [-0.39, 0.29) is 5.92 Å². The quantitative estimate of drug-likeness (QED) is 0.196. The predicted octanol–water partition coefficient (Wildman–Crippen LogP) is 9.37. The number of hydrogen-bond donors (Lipinski definition) is 0. The van der Waals surface area contributed by atoms with E-state index in [1.807, 2.05) is 24.5 Å². The second-order valence-corrected chi connectivity index (χ2v) is 11.6. The fourth-order valence-corrected chi connectivity index (χ4v) is 6.71. The normalized spacial score (nSPS) is 13.2. The zero-order valence-corrected chi connectivity index (χ0v) is 23.6. The zero-order valence-electron chi connectivity index (χ0n) is 20.4. The van der Waals surface area contributed by atoms with Gasteiger partial charge in [0.25, 0.3) is 0 Å². The molecule has 37 heavy (non-hydrogen) atoms. The molecule has 4 heteroatoms. The molecule has 2 heterocycles. The van der Waals surface area contributed by atoms with E-state index in [9.17, 15) is 0 Å². The average Bonchev–Trinajstić information content (AvgIpc) is 3.39. The number of rotatable bonds is 2. The predicted molar refractivity (Wildman–Crippen MR) is 158 cm³/mol. The first-order valence-corrected chi connectivity index (χ1v) is 13.9. The van der Waals surface area contributed by atoms with Crippen molar-refractivity contribution in [3.05, 3.63) is 139 Å². The molecule has 2 nitrogen and oxygen atoms in total. The number of pyridine rings is 2. The van der Waals surface area contributed by atoms with Gasteiger partial charge in [-0.15, -0.1) is 0 Å². The van der Waals surface area contributed by atoms with Gasteiger partial charge in [0.15, 0.2) is 0 Å². The summed E-state index contributed by atoms with van der Waals surface area (Å²) in [7, 11) is 0. The maximum absolute atomic E-state index is 4.81. The van der Waals surface area contributed by atoms with Crippen molar-refractivity contribution >= 4 is 43.0 Å². The Balaban J connectivity index is 1.68. The largest absolute Gasteiger partial charge is 0.254 e. The number of nitrogens with zero attached hydrogens (tertiary/aromatic N) is 2. The number of aromatic nitrogens is 2. The minimum absolute atomic E-state index is 0.0136. The van der Waals surface area contributed by atoms with Gasteiger partial charge in [-0.2, -0.15) is 0 Å². The van der Waals surface area contributed by atoms with Gasteiger partial charge < -0.3 is 0 Å². The lowest BCUT2D eigenvalue weighted by atomic mass is 9.78. The Labute approximate surface area is 233 Å². The average molecular weight is 606 g/mol. The monoisotopic (exact) mass is 604 g/mol. The van der Waals surface area contributed by atoms with Crippen molar-refractivity contribution in [2.75, 3.05) is 0 Å². The van der Waals surface area contributed by atoms with Gasteiger partial charge >= 0.3 is 0 Å². The molecule has 0 saturated heterocycles. The molecule has 0 atom stereocenters. The molecule has 2 aromatic heterocycles. The fourth-order valence-electron chi connectivity index (χ4n) is 5.99. The lowest BCUT2D eigenvalue weighted by molar-refractivity contribution is 1.07. The standard InChI is InChI=1S/C33H22Br2N2/c1-18-7-8-19(2)26(15-18)31(29-24-5-3-13-36-32(24)33-25(29)6-4-14-37-33)30-27-16-20(34)9-11-22(27)23-12-10-21(35)17-28(23)30/h3-17,29H,1-2H3. The Kier molecular flexibility index (Phi) is 5.31. The highest BCUT2D eigenvalue weighted by molar-refractivity contribution is 9.10. The van der Waals surface area contributed by atoms with Crippen LogP contribution in [0.2, 0.25) is 0 Å². The second kappa shape index (κ2) is 8.61. The molecule has 0 bridgehead atoms. The van der Waals surface area contributed by atoms with Gasteiger partial charge in [0.2, 0.25) is 0 Å². The van der Waals surface area contributed by atoms with Crippen molar-refractivity contribution in [1.82, 2.24) is 9.97 Å². The van der Waals surface area contributed by atoms with Crippen molar-refractivity contribution in [3.8, 4) is 22.5 Å². The Morgan fingerprint density at radius 3 is 1.78 bits per heavy atom. The highest BCUT2D eigenvalue weighted by Crippen LogP contribution is 2.56. The summed E-state index contributed by atoms with van der Waals surface area (Å²) in [5, 5.41) is 0. The number of fused-ring (bicyclic) bond motifs is 6. The maximum atomic E-state index is 4.81. The van der Waals surface area contributed by atoms with Gasteiger partial charge in [-0.3, -0.25) is 9.97 Å². The summed E-state index contributed by atoms with van der Waals surface area (Å²) in [6.07, 6.45) is 3.75. The molecule has 0 N–H and O–H groups in total. The van der Waals surface area contributed by atoms with E-state index in [1.165, 1.54) is 61.2 Å². The van der Waals surface area contributed by atoms with Crippen molar-refractivity contribution in [3.63, 3.8) is 0 Å². The van der Waals surface area contributed by atoms with E-state index in [4.69, 9.17) is 9.97 Å². The van der Waals surface area contributed by atoms with Crippen LogP contribution in [0.15, 0.2) is 100 Å². The zero-order chi connectivity index (χ0) is 25.3. The van der Waals surface area contributed by atoms with Crippen LogP contribution >= 0.6 is 31.9 Å². The molecule has 0 fully saturated rings. The van der Waals surface area contributed by atoms with Crippen LogP contribution in [0.5, 0.6) is 0 Å². The maximum Gasteiger partial charge on any atom is 0.0930 e. The Bertz CT molecular complexity index is 1680. The van der Waals surface area contributed by atoms with E-state index >= 15 is 0 Å². The summed E-state index contributed by atoms with van der Waals surface area (Å²) in [6.45, 7) is 4.39. The molecule has 3 aromatic carbocycles. The Hall–Kier alpha value is -3.34.